The van der Waals surface area contributed by atoms with Gasteiger partial charge in [-0.15, -0.1) is 0 Å². The molecule has 0 aliphatic rings. The molecule has 0 aliphatic carbocycles. The number of carbonyl (C=O) groups excluding carboxylic acids is 2. The fraction of sp³-hybridized carbons (Fsp3) is 0.250. The third-order valence-corrected chi connectivity index (χ3v) is 4.27. The second kappa shape index (κ2) is 7.22. The van der Waals surface area contributed by atoms with E-state index in [0.717, 1.165) is 16.9 Å². The topological polar surface area (TPSA) is 185 Å². The number of urea groups is 1. The summed E-state index contributed by atoms with van der Waals surface area (Å²) in [6, 6.07) is -0.545. The number of carbonyl (C=O) groups is 2. The smallest absolute Gasteiger partial charge is 0.342 e. The van der Waals surface area contributed by atoms with E-state index in [1.807, 2.05) is 5.32 Å². The van der Waals surface area contributed by atoms with Gasteiger partial charge < -0.3 is 9.84 Å². The van der Waals surface area contributed by atoms with Crippen LogP contribution in [0.15, 0.2) is 22.1 Å². The second-order valence-corrected chi connectivity index (χ2v) is 6.32. The molecule has 0 radical (unpaired) electrons. The van der Waals surface area contributed by atoms with Crippen LogP contribution in [-0.2, 0) is 21.8 Å². The number of ether oxygens (including phenoxy) is 1. The van der Waals surface area contributed by atoms with E-state index in [9.17, 15) is 27.9 Å². The maximum absolute atomic E-state index is 12.4. The number of nitrogens with zero attached hydrogens (tertiary/aromatic N) is 3. The Kier molecular flexibility index (Phi) is 5.25. The standard InChI is InChI=1S/C12H14N6O7S/c1-3-25-10(21)6-5-13-18(2)9(6)26(23,24)17-12(22)16-11-14-7(19)4-8(20)15-11/h4-5H,3H2,1-2H3,(H4,14,15,16,17,19,20,22). The third kappa shape index (κ3) is 4.15. The summed E-state index contributed by atoms with van der Waals surface area (Å²) in [6.07, 6.45) is 0.985. The Hall–Kier alpha value is -3.42. The van der Waals surface area contributed by atoms with Gasteiger partial charge in [-0.25, -0.2) is 14.3 Å². The molecule has 2 rings (SSSR count). The molecule has 0 unspecified atom stereocenters. The van der Waals surface area contributed by atoms with Crippen molar-refractivity contribution in [3.8, 4) is 5.88 Å². The van der Waals surface area contributed by atoms with Crippen LogP contribution in [0.1, 0.15) is 17.3 Å². The minimum Gasteiger partial charge on any atom is -0.493 e. The largest absolute Gasteiger partial charge is 0.493 e. The van der Waals surface area contributed by atoms with Crippen LogP contribution >= 0.6 is 0 Å². The Balaban J connectivity index is 2.26. The molecule has 26 heavy (non-hydrogen) atoms. The van der Waals surface area contributed by atoms with Crippen LogP contribution in [0.3, 0.4) is 0 Å². The molecule has 0 saturated carbocycles. The van der Waals surface area contributed by atoms with Crippen molar-refractivity contribution in [2.24, 2.45) is 7.05 Å². The Morgan fingerprint density at radius 3 is 2.73 bits per heavy atom. The predicted molar refractivity (Wildman–Crippen MR) is 85.0 cm³/mol. The van der Waals surface area contributed by atoms with E-state index < -0.39 is 44.4 Å². The summed E-state index contributed by atoms with van der Waals surface area (Å²) >= 11 is 0. The summed E-state index contributed by atoms with van der Waals surface area (Å²) < 4.78 is 32.0. The lowest BCUT2D eigenvalue weighted by atomic mass is 10.4. The van der Waals surface area contributed by atoms with Gasteiger partial charge >= 0.3 is 12.0 Å². The van der Waals surface area contributed by atoms with Crippen LogP contribution in [0.2, 0.25) is 0 Å². The molecule has 0 aliphatic heterocycles. The van der Waals surface area contributed by atoms with Crippen LogP contribution in [0, 0.1) is 0 Å². The second-order valence-electron chi connectivity index (χ2n) is 4.72. The molecule has 2 heterocycles. The van der Waals surface area contributed by atoms with Crippen molar-refractivity contribution in [3.63, 3.8) is 0 Å². The average molecular weight is 386 g/mol. The number of H-pyrrole nitrogens is 1. The van der Waals surface area contributed by atoms with Crippen LogP contribution in [0.25, 0.3) is 0 Å². The Labute approximate surface area is 146 Å². The highest BCUT2D eigenvalue weighted by molar-refractivity contribution is 7.90. The Morgan fingerprint density at radius 1 is 1.42 bits per heavy atom. The monoisotopic (exact) mass is 386 g/mol. The van der Waals surface area contributed by atoms with E-state index in [0.29, 0.717) is 0 Å². The molecule has 2 aromatic rings. The maximum Gasteiger partial charge on any atom is 0.342 e. The normalized spacial score (nSPS) is 11.0. The molecule has 14 heteroatoms. The van der Waals surface area contributed by atoms with Crippen molar-refractivity contribution >= 4 is 28.0 Å². The molecule has 2 aromatic heterocycles. The number of amides is 2. The van der Waals surface area contributed by atoms with Gasteiger partial charge in [0.25, 0.3) is 15.6 Å². The van der Waals surface area contributed by atoms with Crippen molar-refractivity contribution in [2.45, 2.75) is 11.9 Å². The number of rotatable bonds is 5. The summed E-state index contributed by atoms with van der Waals surface area (Å²) in [6.45, 7) is 1.55. The fourth-order valence-corrected chi connectivity index (χ4v) is 3.11. The van der Waals surface area contributed by atoms with Crippen LogP contribution in [-0.4, -0.2) is 51.9 Å². The van der Waals surface area contributed by atoms with E-state index in [1.54, 1.807) is 4.72 Å². The number of esters is 1. The first kappa shape index (κ1) is 18.9. The molecule has 2 amide bonds. The zero-order valence-corrected chi connectivity index (χ0v) is 14.3. The van der Waals surface area contributed by atoms with Crippen LogP contribution in [0.4, 0.5) is 10.7 Å². The number of aromatic hydroxyl groups is 1. The minimum atomic E-state index is -4.53. The molecule has 140 valence electrons. The Morgan fingerprint density at radius 2 is 2.12 bits per heavy atom. The highest BCUT2D eigenvalue weighted by atomic mass is 32.2. The molecule has 0 atom stereocenters. The Bertz CT molecular complexity index is 1010. The number of nitrogens with one attached hydrogen (secondary N) is 3. The van der Waals surface area contributed by atoms with Gasteiger partial charge in [-0.1, -0.05) is 0 Å². The van der Waals surface area contributed by atoms with Crippen molar-refractivity contribution in [1.82, 2.24) is 24.5 Å². The number of anilines is 1. The molecule has 0 saturated heterocycles. The summed E-state index contributed by atoms with van der Waals surface area (Å²) in [7, 11) is -3.27. The van der Waals surface area contributed by atoms with E-state index in [1.165, 1.54) is 14.0 Å². The molecular weight excluding hydrogens is 372 g/mol. The van der Waals surface area contributed by atoms with E-state index in [2.05, 4.69) is 15.1 Å². The number of aromatic amines is 1. The number of aryl methyl sites for hydroxylation is 1. The summed E-state index contributed by atoms with van der Waals surface area (Å²) in [5.41, 5.74) is -1.13. The third-order valence-electron chi connectivity index (χ3n) is 2.82. The summed E-state index contributed by atoms with van der Waals surface area (Å²) in [5, 5.41) is 14.2. The van der Waals surface area contributed by atoms with E-state index in [4.69, 9.17) is 4.74 Å². The lowest BCUT2D eigenvalue weighted by molar-refractivity contribution is 0.0521. The van der Waals surface area contributed by atoms with Crippen molar-refractivity contribution in [3.05, 3.63) is 28.2 Å². The lowest BCUT2D eigenvalue weighted by Crippen LogP contribution is -2.37. The zero-order valence-electron chi connectivity index (χ0n) is 13.5. The van der Waals surface area contributed by atoms with Crippen molar-refractivity contribution in [2.75, 3.05) is 11.9 Å². The lowest BCUT2D eigenvalue weighted by Gasteiger charge is -2.09. The number of hydrogen-bond acceptors (Lipinski definition) is 9. The number of hydrogen-bond donors (Lipinski definition) is 4. The highest BCUT2D eigenvalue weighted by Crippen LogP contribution is 2.16. The summed E-state index contributed by atoms with van der Waals surface area (Å²) in [5.74, 6) is -2.10. The minimum absolute atomic E-state index is 0.0116. The van der Waals surface area contributed by atoms with Gasteiger partial charge in [0.1, 0.15) is 5.56 Å². The summed E-state index contributed by atoms with van der Waals surface area (Å²) in [4.78, 5) is 40.4. The zero-order chi connectivity index (χ0) is 19.5. The molecule has 0 spiro atoms. The quantitative estimate of drug-likeness (QED) is 0.463. The van der Waals surface area contributed by atoms with Gasteiger partial charge in [0.15, 0.2) is 5.03 Å². The van der Waals surface area contributed by atoms with Crippen LogP contribution in [0.5, 0.6) is 5.88 Å². The van der Waals surface area contributed by atoms with Gasteiger partial charge in [-0.2, -0.15) is 18.5 Å². The molecule has 0 bridgehead atoms. The van der Waals surface area contributed by atoms with E-state index >= 15 is 0 Å². The molecule has 13 nitrogen and oxygen atoms in total. The van der Waals surface area contributed by atoms with Gasteiger partial charge in [-0.3, -0.25) is 19.8 Å². The molecular formula is C12H14N6O7S. The number of aromatic nitrogens is 4. The molecule has 0 aromatic carbocycles. The van der Waals surface area contributed by atoms with Gasteiger partial charge in [0.2, 0.25) is 11.8 Å². The van der Waals surface area contributed by atoms with Gasteiger partial charge in [0, 0.05) is 7.05 Å². The first-order valence-electron chi connectivity index (χ1n) is 6.97. The van der Waals surface area contributed by atoms with Crippen molar-refractivity contribution in [1.29, 1.82) is 0 Å². The number of sulfonamides is 1. The highest BCUT2D eigenvalue weighted by Gasteiger charge is 2.30. The SMILES string of the molecule is CCOC(=O)c1cnn(C)c1S(=O)(=O)NC(=O)Nc1nc(O)cc(=O)[nH]1. The first-order valence-corrected chi connectivity index (χ1v) is 8.45. The van der Waals surface area contributed by atoms with E-state index in [-0.39, 0.29) is 12.2 Å². The maximum atomic E-state index is 12.4. The van der Waals surface area contributed by atoms with Gasteiger partial charge in [0.05, 0.1) is 18.9 Å². The molecule has 4 N–H and O–H groups in total. The molecule has 0 fully saturated rings. The van der Waals surface area contributed by atoms with Gasteiger partial charge in [-0.05, 0) is 6.92 Å². The predicted octanol–water partition coefficient (Wildman–Crippen LogP) is -1.10. The first-order chi connectivity index (χ1) is 12.1. The van der Waals surface area contributed by atoms with Crippen molar-refractivity contribution < 1.29 is 27.9 Å². The average Bonchev–Trinajstić information content (AvgIpc) is 2.88. The van der Waals surface area contributed by atoms with Crippen LogP contribution < -0.4 is 15.6 Å². The fourth-order valence-electron chi connectivity index (χ4n) is 1.90.